The van der Waals surface area contributed by atoms with Gasteiger partial charge in [-0.1, -0.05) is 344 Å². The molecule has 5 atom stereocenters. The first-order chi connectivity index (χ1) is 46.2. The number of carbonyl (C=O) groups excluding carboxylic acids is 4. The summed E-state index contributed by atoms with van der Waals surface area (Å²) in [5, 5.41) is 10.6. The summed E-state index contributed by atoms with van der Waals surface area (Å²) in [7, 11) is -9.91. The number of rotatable bonds is 75. The Morgan fingerprint density at radius 2 is 0.479 bits per heavy atom. The normalized spacial score (nSPS) is 14.1. The molecular weight excluding hydrogens is 1260 g/mol. The van der Waals surface area contributed by atoms with Crippen molar-refractivity contribution in [3.63, 3.8) is 0 Å². The van der Waals surface area contributed by atoms with Crippen molar-refractivity contribution in [2.45, 2.75) is 414 Å². The molecule has 3 N–H and O–H groups in total. The van der Waals surface area contributed by atoms with Crippen LogP contribution in [0.25, 0.3) is 0 Å². The highest BCUT2D eigenvalue weighted by molar-refractivity contribution is 7.47. The monoisotopic (exact) mass is 1410 g/mol. The molecule has 17 nitrogen and oxygen atoms in total. The summed E-state index contributed by atoms with van der Waals surface area (Å²) in [5.41, 5.74) is 0. The van der Waals surface area contributed by atoms with Crippen molar-refractivity contribution in [1.29, 1.82) is 0 Å². The highest BCUT2D eigenvalue weighted by Crippen LogP contribution is 2.45. The lowest BCUT2D eigenvalue weighted by molar-refractivity contribution is -0.161. The first-order valence-electron chi connectivity index (χ1n) is 39.8. The maximum atomic E-state index is 13.1. The maximum absolute atomic E-state index is 13.1. The SMILES string of the molecule is CCCCCCCCCCCCCCCCCCCC(=O)O[C@H](COC(=O)CCCCCCCCCCCCCC(C)C)COP(=O)(O)OC[C@@H](O)COP(=O)(O)OC[C@@H](COC(=O)CCCCCCCCCCC(C)C)OC(=O)CCCCCCCCCCCCCC(C)C. The van der Waals surface area contributed by atoms with E-state index in [4.69, 9.17) is 37.0 Å². The highest BCUT2D eigenvalue weighted by Gasteiger charge is 2.30. The van der Waals surface area contributed by atoms with E-state index in [1.165, 1.54) is 205 Å². The van der Waals surface area contributed by atoms with Crippen LogP contribution in [-0.4, -0.2) is 96.7 Å². The second kappa shape index (κ2) is 67.5. The molecule has 0 bridgehead atoms. The van der Waals surface area contributed by atoms with Gasteiger partial charge < -0.3 is 33.8 Å². The fraction of sp³-hybridized carbons (Fsp3) is 0.948. The van der Waals surface area contributed by atoms with Gasteiger partial charge in [0.05, 0.1) is 26.4 Å². The van der Waals surface area contributed by atoms with Crippen molar-refractivity contribution < 1.29 is 80.2 Å². The zero-order chi connectivity index (χ0) is 70.9. The predicted octanol–water partition coefficient (Wildman–Crippen LogP) is 22.6. The van der Waals surface area contributed by atoms with Crippen molar-refractivity contribution in [1.82, 2.24) is 0 Å². The fourth-order valence-electron chi connectivity index (χ4n) is 11.8. The summed E-state index contributed by atoms with van der Waals surface area (Å²) in [6, 6.07) is 0. The molecule has 0 aromatic carbocycles. The molecule has 0 aliphatic heterocycles. The lowest BCUT2D eigenvalue weighted by Crippen LogP contribution is -2.30. The van der Waals surface area contributed by atoms with Crippen molar-refractivity contribution >= 4 is 39.5 Å². The molecule has 0 radical (unpaired) electrons. The van der Waals surface area contributed by atoms with Crippen LogP contribution in [0.3, 0.4) is 0 Å². The smallest absolute Gasteiger partial charge is 0.462 e. The number of hydrogen-bond donors (Lipinski definition) is 3. The van der Waals surface area contributed by atoms with Crippen LogP contribution in [0.4, 0.5) is 0 Å². The van der Waals surface area contributed by atoms with Crippen LogP contribution in [0, 0.1) is 17.8 Å². The number of aliphatic hydroxyl groups is 1. The highest BCUT2D eigenvalue weighted by atomic mass is 31.2. The Balaban J connectivity index is 5.26. The fourth-order valence-corrected chi connectivity index (χ4v) is 13.4. The first-order valence-corrected chi connectivity index (χ1v) is 42.8. The van der Waals surface area contributed by atoms with Crippen LogP contribution in [-0.2, 0) is 65.4 Å². The molecule has 19 heteroatoms. The van der Waals surface area contributed by atoms with E-state index in [2.05, 4.69) is 48.5 Å². The summed E-state index contributed by atoms with van der Waals surface area (Å²) < 4.78 is 68.6. The summed E-state index contributed by atoms with van der Waals surface area (Å²) in [6.45, 7) is 11.9. The van der Waals surface area contributed by atoms with Gasteiger partial charge in [-0.3, -0.25) is 37.3 Å². The molecule has 0 amide bonds. The largest absolute Gasteiger partial charge is 0.472 e. The average Bonchev–Trinajstić information content (AvgIpc) is 1.28. The molecule has 0 spiro atoms. The van der Waals surface area contributed by atoms with Crippen LogP contribution in [0.5, 0.6) is 0 Å². The van der Waals surface area contributed by atoms with E-state index >= 15 is 0 Å². The van der Waals surface area contributed by atoms with Crippen molar-refractivity contribution in [3.8, 4) is 0 Å². The van der Waals surface area contributed by atoms with Crippen molar-refractivity contribution in [2.75, 3.05) is 39.6 Å². The zero-order valence-electron chi connectivity index (χ0n) is 62.8. The Labute approximate surface area is 588 Å². The molecule has 0 aliphatic carbocycles. The number of esters is 4. The van der Waals surface area contributed by atoms with Gasteiger partial charge in [-0.15, -0.1) is 0 Å². The quantitative estimate of drug-likeness (QED) is 0.0222. The van der Waals surface area contributed by atoms with Gasteiger partial charge in [-0.2, -0.15) is 0 Å². The van der Waals surface area contributed by atoms with E-state index in [-0.39, 0.29) is 25.7 Å². The molecule has 0 saturated heterocycles. The van der Waals surface area contributed by atoms with E-state index in [1.807, 2.05) is 0 Å². The van der Waals surface area contributed by atoms with Gasteiger partial charge in [0.1, 0.15) is 19.3 Å². The minimum Gasteiger partial charge on any atom is -0.462 e. The Kier molecular flexibility index (Phi) is 66.2. The summed E-state index contributed by atoms with van der Waals surface area (Å²) >= 11 is 0. The molecule has 0 aliphatic rings. The molecule has 0 aromatic rings. The van der Waals surface area contributed by atoms with Gasteiger partial charge in [-0.05, 0) is 43.4 Å². The Hall–Kier alpha value is -1.94. The van der Waals surface area contributed by atoms with Crippen LogP contribution in [0.15, 0.2) is 0 Å². The molecule has 570 valence electrons. The van der Waals surface area contributed by atoms with Gasteiger partial charge in [0.25, 0.3) is 0 Å². The van der Waals surface area contributed by atoms with Gasteiger partial charge in [0.15, 0.2) is 12.2 Å². The second-order valence-corrected chi connectivity index (χ2v) is 32.1. The lowest BCUT2D eigenvalue weighted by atomic mass is 10.0. The molecule has 96 heavy (non-hydrogen) atoms. The minimum absolute atomic E-state index is 0.106. The van der Waals surface area contributed by atoms with E-state index < -0.39 is 97.5 Å². The van der Waals surface area contributed by atoms with Gasteiger partial charge in [0, 0.05) is 25.7 Å². The average molecular weight is 1410 g/mol. The molecule has 2 unspecified atom stereocenters. The Morgan fingerprint density at radius 1 is 0.281 bits per heavy atom. The number of ether oxygens (including phenoxy) is 4. The summed E-state index contributed by atoms with van der Waals surface area (Å²) in [6.07, 6.45) is 54.1. The first kappa shape index (κ1) is 94.1. The molecule has 0 heterocycles. The Bertz CT molecular complexity index is 1870. The number of unbranched alkanes of at least 4 members (excludes halogenated alkanes) is 43. The number of carbonyl (C=O) groups is 4. The number of aliphatic hydroxyl groups excluding tert-OH is 1. The minimum atomic E-state index is -4.96. The molecule has 0 rings (SSSR count). The number of phosphoric acid groups is 2. The number of phosphoric ester groups is 2. The second-order valence-electron chi connectivity index (χ2n) is 29.2. The maximum Gasteiger partial charge on any atom is 0.472 e. The zero-order valence-corrected chi connectivity index (χ0v) is 64.6. The molecular formula is C77H150O17P2. The van der Waals surface area contributed by atoms with E-state index in [1.54, 1.807) is 0 Å². The topological polar surface area (TPSA) is 237 Å². The van der Waals surface area contributed by atoms with Crippen LogP contribution >= 0.6 is 15.6 Å². The van der Waals surface area contributed by atoms with E-state index in [0.717, 1.165) is 108 Å². The predicted molar refractivity (Wildman–Crippen MR) is 391 cm³/mol. The lowest BCUT2D eigenvalue weighted by Gasteiger charge is -2.21. The Morgan fingerprint density at radius 3 is 0.708 bits per heavy atom. The van der Waals surface area contributed by atoms with E-state index in [0.29, 0.717) is 25.7 Å². The van der Waals surface area contributed by atoms with E-state index in [9.17, 15) is 43.2 Å². The standard InChI is InChI=1S/C77H150O17P2/c1-8-9-10-11-12-13-14-15-16-17-18-19-24-30-39-46-53-60-76(81)93-72(64-87-74(79)58-51-44-37-29-25-20-22-27-34-41-48-55-68(2)3)66-91-95(83,84)89-62-71(78)63-90-96(85,86)92-67-73(65-88-75(80)59-52-45-38-33-32-36-43-50-57-70(6)7)94-77(82)61-54-47-40-31-26-21-23-28-35-42-49-56-69(4)5/h68-73,78H,8-67H2,1-7H3,(H,83,84)(H,85,86)/t71-,72-,73-/m1/s1. The number of hydrogen-bond acceptors (Lipinski definition) is 15. The third-order valence-electron chi connectivity index (χ3n) is 17.9. The van der Waals surface area contributed by atoms with Crippen molar-refractivity contribution in [2.24, 2.45) is 17.8 Å². The molecule has 0 aromatic heterocycles. The van der Waals surface area contributed by atoms with Crippen LogP contribution < -0.4 is 0 Å². The summed E-state index contributed by atoms with van der Waals surface area (Å²) in [4.78, 5) is 72.9. The van der Waals surface area contributed by atoms with Crippen molar-refractivity contribution in [3.05, 3.63) is 0 Å². The van der Waals surface area contributed by atoms with Crippen LogP contribution in [0.1, 0.15) is 395 Å². The van der Waals surface area contributed by atoms with Crippen LogP contribution in [0.2, 0.25) is 0 Å². The van der Waals surface area contributed by atoms with Gasteiger partial charge in [-0.25, -0.2) is 9.13 Å². The molecule has 0 fully saturated rings. The summed E-state index contributed by atoms with van der Waals surface area (Å²) in [5.74, 6) is 0.147. The third kappa shape index (κ3) is 70.5. The van der Waals surface area contributed by atoms with Gasteiger partial charge >= 0.3 is 39.5 Å². The van der Waals surface area contributed by atoms with Gasteiger partial charge in [0.2, 0.25) is 0 Å². The molecule has 0 saturated carbocycles. The third-order valence-corrected chi connectivity index (χ3v) is 19.8.